The van der Waals surface area contributed by atoms with Gasteiger partial charge in [0.15, 0.2) is 0 Å². The highest BCUT2D eigenvalue weighted by Crippen LogP contribution is 2.26. The maximum atomic E-state index is 12.5. The predicted octanol–water partition coefficient (Wildman–Crippen LogP) is 5.25. The Kier molecular flexibility index (Phi) is 9.06. The number of aromatic carboxylic acids is 1. The van der Waals surface area contributed by atoms with Gasteiger partial charge in [-0.25, -0.2) is 4.79 Å². The number of unbranched alkanes of at least 4 members (excludes halogenated alkanes) is 3. The van der Waals surface area contributed by atoms with E-state index in [2.05, 4.69) is 12.2 Å². The first-order valence-corrected chi connectivity index (χ1v) is 10.4. The lowest BCUT2D eigenvalue weighted by atomic mass is 9.93. The smallest absolute Gasteiger partial charge is 0.336 e. The molecule has 0 aromatic heterocycles. The van der Waals surface area contributed by atoms with Crippen LogP contribution in [-0.4, -0.2) is 29.6 Å². The van der Waals surface area contributed by atoms with Crippen LogP contribution in [0.2, 0.25) is 0 Å². The average Bonchev–Trinajstić information content (AvgIpc) is 2.74. The van der Waals surface area contributed by atoms with Crippen LogP contribution in [0.15, 0.2) is 48.5 Å². The summed E-state index contributed by atoms with van der Waals surface area (Å²) in [6.07, 6.45) is 5.00. The van der Waals surface area contributed by atoms with Crippen molar-refractivity contribution in [2.75, 3.05) is 11.9 Å². The Hall–Kier alpha value is -3.15. The molecule has 0 heterocycles. The number of nitrogens with one attached hydrogen (secondary N) is 1. The van der Waals surface area contributed by atoms with E-state index in [0.717, 1.165) is 37.7 Å². The number of carbonyl (C=O) groups is 3. The number of rotatable bonds is 11. The summed E-state index contributed by atoms with van der Waals surface area (Å²) in [7, 11) is 0. The number of amides is 1. The summed E-state index contributed by atoms with van der Waals surface area (Å²) in [5, 5.41) is 12.0. The highest BCUT2D eigenvalue weighted by Gasteiger charge is 2.22. The fourth-order valence-electron chi connectivity index (χ4n) is 3.30. The van der Waals surface area contributed by atoms with Crippen LogP contribution in [0.5, 0.6) is 0 Å². The lowest BCUT2D eigenvalue weighted by Gasteiger charge is -2.16. The van der Waals surface area contributed by atoms with E-state index >= 15 is 0 Å². The molecule has 6 nitrogen and oxygen atoms in total. The van der Waals surface area contributed by atoms with Gasteiger partial charge in [0.05, 0.1) is 23.7 Å². The third-order valence-corrected chi connectivity index (χ3v) is 4.89. The number of ether oxygens (including phenoxy) is 1. The zero-order valence-electron chi connectivity index (χ0n) is 17.5. The molecule has 0 saturated heterocycles. The van der Waals surface area contributed by atoms with Gasteiger partial charge in [-0.3, -0.25) is 9.59 Å². The molecule has 160 valence electrons. The van der Waals surface area contributed by atoms with E-state index in [4.69, 9.17) is 4.74 Å². The van der Waals surface area contributed by atoms with E-state index in [1.165, 1.54) is 12.1 Å². The summed E-state index contributed by atoms with van der Waals surface area (Å²) in [4.78, 5) is 36.2. The van der Waals surface area contributed by atoms with Gasteiger partial charge in [-0.15, -0.1) is 0 Å². The summed E-state index contributed by atoms with van der Waals surface area (Å²) in [6.45, 7) is 4.27. The molecule has 0 aliphatic heterocycles. The van der Waals surface area contributed by atoms with Gasteiger partial charge in [0.25, 0.3) is 5.91 Å². The van der Waals surface area contributed by atoms with Crippen molar-refractivity contribution in [3.05, 3.63) is 65.2 Å². The number of anilines is 1. The summed E-state index contributed by atoms with van der Waals surface area (Å²) in [6, 6.07) is 13.1. The second-order valence-electron chi connectivity index (χ2n) is 7.08. The van der Waals surface area contributed by atoms with Gasteiger partial charge in [0.1, 0.15) is 0 Å². The van der Waals surface area contributed by atoms with Gasteiger partial charge in [-0.2, -0.15) is 0 Å². The maximum absolute atomic E-state index is 12.5. The average molecular weight is 411 g/mol. The second-order valence-corrected chi connectivity index (χ2v) is 7.08. The van der Waals surface area contributed by atoms with Crippen molar-refractivity contribution in [2.24, 2.45) is 0 Å². The van der Waals surface area contributed by atoms with Crippen molar-refractivity contribution in [1.29, 1.82) is 0 Å². The third-order valence-electron chi connectivity index (χ3n) is 4.89. The van der Waals surface area contributed by atoms with E-state index in [-0.39, 0.29) is 23.0 Å². The van der Waals surface area contributed by atoms with Crippen molar-refractivity contribution in [2.45, 2.75) is 51.9 Å². The summed E-state index contributed by atoms with van der Waals surface area (Å²) in [5.74, 6) is -2.22. The van der Waals surface area contributed by atoms with Crippen LogP contribution in [0.25, 0.3) is 0 Å². The van der Waals surface area contributed by atoms with E-state index in [9.17, 15) is 19.5 Å². The number of hydrogen-bond donors (Lipinski definition) is 2. The van der Waals surface area contributed by atoms with Gasteiger partial charge in [0.2, 0.25) is 0 Å². The molecule has 0 fully saturated rings. The predicted molar refractivity (Wildman–Crippen MR) is 116 cm³/mol. The van der Waals surface area contributed by atoms with Crippen LogP contribution in [-0.2, 0) is 9.53 Å². The molecule has 2 rings (SSSR count). The minimum Gasteiger partial charge on any atom is -0.478 e. The molecule has 0 aliphatic rings. The Labute approximate surface area is 177 Å². The molecule has 0 radical (unpaired) electrons. The van der Waals surface area contributed by atoms with E-state index in [0.29, 0.717) is 12.3 Å². The number of carbonyl (C=O) groups excluding carboxylic acids is 2. The molecule has 0 bridgehead atoms. The number of carboxylic acids is 1. The quantitative estimate of drug-likeness (QED) is 0.389. The molecule has 0 spiro atoms. The molecule has 1 unspecified atom stereocenters. The highest BCUT2D eigenvalue weighted by molar-refractivity contribution is 6.10. The number of carboxylic acid groups (broad SMARTS) is 1. The van der Waals surface area contributed by atoms with Crippen LogP contribution < -0.4 is 5.32 Å². The monoisotopic (exact) mass is 411 g/mol. The highest BCUT2D eigenvalue weighted by atomic mass is 16.5. The first-order chi connectivity index (χ1) is 14.5. The minimum atomic E-state index is -1.16. The summed E-state index contributed by atoms with van der Waals surface area (Å²) < 4.78 is 5.24. The molecule has 0 saturated carbocycles. The van der Waals surface area contributed by atoms with Crippen molar-refractivity contribution >= 4 is 23.5 Å². The van der Waals surface area contributed by atoms with Gasteiger partial charge in [-0.1, -0.05) is 56.9 Å². The van der Waals surface area contributed by atoms with Crippen molar-refractivity contribution in [3.8, 4) is 0 Å². The minimum absolute atomic E-state index is 0.0546. The molecule has 2 aromatic rings. The Morgan fingerprint density at radius 3 is 2.20 bits per heavy atom. The molecule has 0 aliphatic carbocycles. The molecule has 2 aromatic carbocycles. The van der Waals surface area contributed by atoms with Gasteiger partial charge >= 0.3 is 11.9 Å². The topological polar surface area (TPSA) is 92.7 Å². The van der Waals surface area contributed by atoms with Crippen LogP contribution in [0, 0.1) is 0 Å². The summed E-state index contributed by atoms with van der Waals surface area (Å²) in [5.41, 5.74) is 1.40. The first kappa shape index (κ1) is 23.1. The molecular weight excluding hydrogens is 382 g/mol. The maximum Gasteiger partial charge on any atom is 0.336 e. The number of benzene rings is 2. The molecular formula is C24H29NO5. The van der Waals surface area contributed by atoms with Crippen LogP contribution >= 0.6 is 0 Å². The molecule has 30 heavy (non-hydrogen) atoms. The lowest BCUT2D eigenvalue weighted by Crippen LogP contribution is -2.17. The number of hydrogen-bond acceptors (Lipinski definition) is 4. The van der Waals surface area contributed by atoms with E-state index in [1.54, 1.807) is 43.3 Å². The SMILES string of the molecule is CCCCCCC(C(=O)OCC)c1ccc(NC(=O)c2ccccc2C(=O)O)cc1. The van der Waals surface area contributed by atoms with Crippen LogP contribution in [0.4, 0.5) is 5.69 Å². The first-order valence-electron chi connectivity index (χ1n) is 10.4. The molecule has 6 heteroatoms. The lowest BCUT2D eigenvalue weighted by molar-refractivity contribution is -0.145. The van der Waals surface area contributed by atoms with Crippen molar-refractivity contribution in [1.82, 2.24) is 0 Å². The molecule has 1 amide bonds. The van der Waals surface area contributed by atoms with Gasteiger partial charge in [0, 0.05) is 5.69 Å². The Morgan fingerprint density at radius 2 is 1.60 bits per heavy atom. The molecule has 1 atom stereocenters. The van der Waals surface area contributed by atoms with E-state index < -0.39 is 11.9 Å². The number of esters is 1. The Morgan fingerprint density at radius 1 is 0.933 bits per heavy atom. The van der Waals surface area contributed by atoms with Crippen molar-refractivity contribution in [3.63, 3.8) is 0 Å². The third kappa shape index (κ3) is 6.44. The zero-order chi connectivity index (χ0) is 21.9. The molecule has 2 N–H and O–H groups in total. The van der Waals surface area contributed by atoms with Crippen LogP contribution in [0.3, 0.4) is 0 Å². The van der Waals surface area contributed by atoms with Crippen molar-refractivity contribution < 1.29 is 24.2 Å². The zero-order valence-corrected chi connectivity index (χ0v) is 17.5. The fourth-order valence-corrected chi connectivity index (χ4v) is 3.30. The normalized spacial score (nSPS) is 11.5. The second kappa shape index (κ2) is 11.8. The largest absolute Gasteiger partial charge is 0.478 e. The van der Waals surface area contributed by atoms with Crippen LogP contribution in [0.1, 0.15) is 78.1 Å². The standard InChI is InChI=1S/C24H29NO5/c1-3-5-6-7-10-19(24(29)30-4-2)17-13-15-18(16-14-17)25-22(26)20-11-8-9-12-21(20)23(27)28/h8-9,11-16,19H,3-7,10H2,1-2H3,(H,25,26)(H,27,28). The van der Waals surface area contributed by atoms with Gasteiger partial charge in [-0.05, 0) is 43.2 Å². The van der Waals surface area contributed by atoms with Gasteiger partial charge < -0.3 is 15.2 Å². The fraction of sp³-hybridized carbons (Fsp3) is 0.375. The Balaban J connectivity index is 2.12. The van der Waals surface area contributed by atoms with E-state index in [1.807, 2.05) is 0 Å². The Bertz CT molecular complexity index is 860. The summed E-state index contributed by atoms with van der Waals surface area (Å²) >= 11 is 0.